The fourth-order valence-electron chi connectivity index (χ4n) is 1.93. The highest BCUT2D eigenvalue weighted by molar-refractivity contribution is 14.0. The van der Waals surface area contributed by atoms with Gasteiger partial charge in [0.15, 0.2) is 5.96 Å². The number of hydrogen-bond donors (Lipinski definition) is 1. The Morgan fingerprint density at radius 2 is 2.05 bits per heavy atom. The van der Waals surface area contributed by atoms with Crippen molar-refractivity contribution >= 4 is 29.9 Å². The van der Waals surface area contributed by atoms with Crippen molar-refractivity contribution in [2.24, 2.45) is 10.7 Å². The van der Waals surface area contributed by atoms with E-state index in [0.717, 1.165) is 30.3 Å². The monoisotopic (exact) mass is 377 g/mol. The largest absolute Gasteiger partial charge is 0.378 e. The highest BCUT2D eigenvalue weighted by Crippen LogP contribution is 2.03. The average Bonchev–Trinajstić information content (AvgIpc) is 2.36. The van der Waals surface area contributed by atoms with Gasteiger partial charge in [0.25, 0.3) is 0 Å². The number of nitrogens with two attached hydrogens (primary N) is 1. The molecular formula is C12H20IN5O. The highest BCUT2D eigenvalue weighted by Gasteiger charge is 2.12. The Balaban J connectivity index is 0.00000180. The molecule has 0 amide bonds. The lowest BCUT2D eigenvalue weighted by Crippen LogP contribution is -2.44. The summed E-state index contributed by atoms with van der Waals surface area (Å²) in [6.45, 7) is 7.35. The van der Waals surface area contributed by atoms with Crippen LogP contribution < -0.4 is 5.73 Å². The molecule has 2 heterocycles. The van der Waals surface area contributed by atoms with Gasteiger partial charge < -0.3 is 15.4 Å². The summed E-state index contributed by atoms with van der Waals surface area (Å²) in [6.07, 6.45) is 0. The fourth-order valence-corrected chi connectivity index (χ4v) is 1.93. The third-order valence-corrected chi connectivity index (χ3v) is 2.76. The van der Waals surface area contributed by atoms with Gasteiger partial charge in [0, 0.05) is 18.8 Å². The van der Waals surface area contributed by atoms with Gasteiger partial charge in [-0.15, -0.1) is 24.0 Å². The van der Waals surface area contributed by atoms with Crippen LogP contribution in [-0.2, 0) is 11.3 Å². The minimum atomic E-state index is 0. The van der Waals surface area contributed by atoms with Crippen LogP contribution >= 0.6 is 24.0 Å². The second-order valence-corrected chi connectivity index (χ2v) is 4.32. The lowest BCUT2D eigenvalue weighted by atomic mass is 10.3. The third-order valence-electron chi connectivity index (χ3n) is 2.76. The van der Waals surface area contributed by atoms with Crippen LogP contribution in [0.15, 0.2) is 11.1 Å². The van der Waals surface area contributed by atoms with E-state index in [-0.39, 0.29) is 24.0 Å². The summed E-state index contributed by atoms with van der Waals surface area (Å²) in [5.74, 6) is 1.33. The molecule has 0 atom stereocenters. The van der Waals surface area contributed by atoms with Crippen LogP contribution in [0.5, 0.6) is 0 Å². The number of hydrogen-bond acceptors (Lipinski definition) is 4. The molecule has 1 aliphatic heterocycles. The van der Waals surface area contributed by atoms with Crippen molar-refractivity contribution in [1.29, 1.82) is 0 Å². The Morgan fingerprint density at radius 1 is 1.37 bits per heavy atom. The number of guanidine groups is 1. The van der Waals surface area contributed by atoms with Gasteiger partial charge in [-0.25, -0.2) is 15.0 Å². The van der Waals surface area contributed by atoms with E-state index in [9.17, 15) is 0 Å². The van der Waals surface area contributed by atoms with E-state index in [1.54, 1.807) is 0 Å². The molecule has 2 N–H and O–H groups in total. The van der Waals surface area contributed by atoms with Crippen LogP contribution in [0, 0.1) is 13.8 Å². The summed E-state index contributed by atoms with van der Waals surface area (Å²) < 4.78 is 5.27. The molecule has 0 radical (unpaired) electrons. The summed E-state index contributed by atoms with van der Waals surface area (Å²) in [5, 5.41) is 0. The van der Waals surface area contributed by atoms with Gasteiger partial charge in [-0.05, 0) is 19.9 Å². The number of halogens is 1. The number of rotatable bonds is 2. The summed E-state index contributed by atoms with van der Waals surface area (Å²) in [6, 6.07) is 1.93. The number of ether oxygens (including phenoxy) is 1. The minimum Gasteiger partial charge on any atom is -0.378 e. The first kappa shape index (κ1) is 16.1. The summed E-state index contributed by atoms with van der Waals surface area (Å²) in [4.78, 5) is 15.0. The number of morpholine rings is 1. The SMILES string of the molecule is Cc1cc(CN=C(N)N2CCOCC2)nc(C)n1.I. The van der Waals surface area contributed by atoms with E-state index in [1.165, 1.54) is 0 Å². The highest BCUT2D eigenvalue weighted by atomic mass is 127. The topological polar surface area (TPSA) is 76.6 Å². The molecule has 1 aromatic heterocycles. The molecule has 1 saturated heterocycles. The van der Waals surface area contributed by atoms with Crippen molar-refractivity contribution in [3.63, 3.8) is 0 Å². The first-order chi connectivity index (χ1) is 8.65. The second-order valence-electron chi connectivity index (χ2n) is 4.32. The van der Waals surface area contributed by atoms with Crippen molar-refractivity contribution in [3.05, 3.63) is 23.3 Å². The lowest BCUT2D eigenvalue weighted by Gasteiger charge is -2.27. The third kappa shape index (κ3) is 4.90. The van der Waals surface area contributed by atoms with Crippen molar-refractivity contribution in [2.45, 2.75) is 20.4 Å². The van der Waals surface area contributed by atoms with Gasteiger partial charge in [-0.3, -0.25) is 0 Å². The minimum absolute atomic E-state index is 0. The van der Waals surface area contributed by atoms with Gasteiger partial charge in [0.05, 0.1) is 25.5 Å². The number of aliphatic imine (C=N–C) groups is 1. The Labute approximate surface area is 130 Å². The maximum Gasteiger partial charge on any atom is 0.191 e. The van der Waals surface area contributed by atoms with Crippen LogP contribution in [0.25, 0.3) is 0 Å². The lowest BCUT2D eigenvalue weighted by molar-refractivity contribution is 0.0674. The van der Waals surface area contributed by atoms with Crippen molar-refractivity contribution < 1.29 is 4.74 Å². The van der Waals surface area contributed by atoms with Crippen LogP contribution in [0.1, 0.15) is 17.2 Å². The van der Waals surface area contributed by atoms with Gasteiger partial charge in [-0.2, -0.15) is 0 Å². The van der Waals surface area contributed by atoms with Gasteiger partial charge in [0.1, 0.15) is 5.82 Å². The van der Waals surface area contributed by atoms with E-state index in [1.807, 2.05) is 24.8 Å². The van der Waals surface area contributed by atoms with Crippen molar-refractivity contribution in [2.75, 3.05) is 26.3 Å². The average molecular weight is 377 g/mol. The smallest absolute Gasteiger partial charge is 0.191 e. The Morgan fingerprint density at radius 3 is 2.68 bits per heavy atom. The van der Waals surface area contributed by atoms with E-state index >= 15 is 0 Å². The molecule has 2 rings (SSSR count). The Hall–Kier alpha value is -0.960. The van der Waals surface area contributed by atoms with Gasteiger partial charge in [-0.1, -0.05) is 0 Å². The van der Waals surface area contributed by atoms with Crippen molar-refractivity contribution in [3.8, 4) is 0 Å². The van der Waals surface area contributed by atoms with E-state index < -0.39 is 0 Å². The standard InChI is InChI=1S/C12H19N5O.HI/c1-9-7-11(16-10(2)15-9)8-14-12(13)17-3-5-18-6-4-17;/h7H,3-6,8H2,1-2H3,(H2,13,14);1H. The second kappa shape index (κ2) is 7.59. The molecule has 106 valence electrons. The molecule has 19 heavy (non-hydrogen) atoms. The first-order valence-electron chi connectivity index (χ1n) is 6.09. The molecule has 0 unspecified atom stereocenters. The van der Waals surface area contributed by atoms with E-state index in [0.29, 0.717) is 25.7 Å². The number of aryl methyl sites for hydroxylation is 2. The van der Waals surface area contributed by atoms with Gasteiger partial charge >= 0.3 is 0 Å². The normalized spacial score (nSPS) is 16.1. The molecule has 0 saturated carbocycles. The molecule has 1 fully saturated rings. The predicted molar refractivity (Wildman–Crippen MR) is 84.6 cm³/mol. The summed E-state index contributed by atoms with van der Waals surface area (Å²) in [5.41, 5.74) is 7.80. The predicted octanol–water partition coefficient (Wildman–Crippen LogP) is 0.858. The molecule has 1 aliphatic rings. The number of nitrogens with zero attached hydrogens (tertiary/aromatic N) is 4. The summed E-state index contributed by atoms with van der Waals surface area (Å²) >= 11 is 0. The zero-order valence-corrected chi connectivity index (χ0v) is 13.6. The van der Waals surface area contributed by atoms with Crippen LogP contribution in [0.3, 0.4) is 0 Å². The maximum atomic E-state index is 5.95. The zero-order valence-electron chi connectivity index (χ0n) is 11.3. The first-order valence-corrected chi connectivity index (χ1v) is 6.09. The van der Waals surface area contributed by atoms with Crippen LogP contribution in [-0.4, -0.2) is 47.1 Å². The molecule has 6 nitrogen and oxygen atoms in total. The van der Waals surface area contributed by atoms with Crippen molar-refractivity contribution in [1.82, 2.24) is 14.9 Å². The quantitative estimate of drug-likeness (QED) is 0.470. The maximum absolute atomic E-state index is 5.95. The fraction of sp³-hybridized carbons (Fsp3) is 0.583. The molecular weight excluding hydrogens is 357 g/mol. The number of aromatic nitrogens is 2. The van der Waals surface area contributed by atoms with E-state index in [4.69, 9.17) is 10.5 Å². The van der Waals surface area contributed by atoms with Crippen LogP contribution in [0.4, 0.5) is 0 Å². The molecule has 0 aromatic carbocycles. The zero-order chi connectivity index (χ0) is 13.0. The summed E-state index contributed by atoms with van der Waals surface area (Å²) in [7, 11) is 0. The molecule has 0 spiro atoms. The molecule has 1 aromatic rings. The van der Waals surface area contributed by atoms with Gasteiger partial charge in [0.2, 0.25) is 0 Å². The van der Waals surface area contributed by atoms with E-state index in [2.05, 4.69) is 15.0 Å². The molecule has 0 aliphatic carbocycles. The van der Waals surface area contributed by atoms with Crippen LogP contribution in [0.2, 0.25) is 0 Å². The molecule has 7 heteroatoms. The molecule has 0 bridgehead atoms. The Kier molecular flexibility index (Phi) is 6.43. The Bertz CT molecular complexity index is 425.